The van der Waals surface area contributed by atoms with Crippen LogP contribution in [0, 0.1) is 5.92 Å². The second-order valence-electron chi connectivity index (χ2n) is 4.55. The summed E-state index contributed by atoms with van der Waals surface area (Å²) in [7, 11) is 0. The van der Waals surface area contributed by atoms with E-state index < -0.39 is 0 Å². The first-order valence-electron chi connectivity index (χ1n) is 5.53. The van der Waals surface area contributed by atoms with E-state index in [0.717, 1.165) is 12.2 Å². The van der Waals surface area contributed by atoms with Gasteiger partial charge in [0.1, 0.15) is 5.15 Å². The molecule has 1 fully saturated rings. The van der Waals surface area contributed by atoms with Crippen molar-refractivity contribution in [1.29, 1.82) is 0 Å². The van der Waals surface area contributed by atoms with Crippen LogP contribution in [0.25, 0.3) is 0 Å². The molecule has 1 aliphatic carbocycles. The molecule has 1 aromatic heterocycles. The van der Waals surface area contributed by atoms with Crippen molar-refractivity contribution >= 4 is 11.6 Å². The molecule has 15 heavy (non-hydrogen) atoms. The average Bonchev–Trinajstić information content (AvgIpc) is 2.57. The van der Waals surface area contributed by atoms with Gasteiger partial charge in [0.15, 0.2) is 0 Å². The molecule has 1 aromatic rings. The van der Waals surface area contributed by atoms with Gasteiger partial charge in [0, 0.05) is 18.2 Å². The summed E-state index contributed by atoms with van der Waals surface area (Å²) in [5.41, 5.74) is 0.941. The van der Waals surface area contributed by atoms with Gasteiger partial charge in [-0.1, -0.05) is 24.4 Å². The van der Waals surface area contributed by atoms with Crippen molar-refractivity contribution in [2.45, 2.75) is 38.1 Å². The van der Waals surface area contributed by atoms with E-state index in [1.165, 1.54) is 25.7 Å². The van der Waals surface area contributed by atoms with Crippen LogP contribution in [0.5, 0.6) is 0 Å². The maximum Gasteiger partial charge on any atom is 0.349 e. The second-order valence-corrected chi connectivity index (χ2v) is 4.94. The van der Waals surface area contributed by atoms with Gasteiger partial charge in [-0.2, -0.15) is 4.98 Å². The highest BCUT2D eigenvalue weighted by Gasteiger charge is 2.35. The van der Waals surface area contributed by atoms with Crippen LogP contribution >= 0.6 is 11.6 Å². The number of aromatic nitrogens is 2. The van der Waals surface area contributed by atoms with Crippen molar-refractivity contribution in [2.24, 2.45) is 5.92 Å². The summed E-state index contributed by atoms with van der Waals surface area (Å²) < 4.78 is 1.81. The minimum atomic E-state index is -0.174. The fourth-order valence-corrected chi connectivity index (χ4v) is 3.22. The van der Waals surface area contributed by atoms with Crippen molar-refractivity contribution in [3.8, 4) is 0 Å². The molecule has 0 aromatic carbocycles. The zero-order valence-corrected chi connectivity index (χ0v) is 9.20. The lowest BCUT2D eigenvalue weighted by Crippen LogP contribution is -2.22. The molecule has 0 saturated heterocycles. The quantitative estimate of drug-likeness (QED) is 0.634. The molecule has 0 bridgehead atoms. The number of hydrogen-bond donors (Lipinski definition) is 0. The summed E-state index contributed by atoms with van der Waals surface area (Å²) >= 11 is 5.84. The summed E-state index contributed by atoms with van der Waals surface area (Å²) in [5, 5.41) is 0.345. The predicted molar refractivity (Wildman–Crippen MR) is 58.2 cm³/mol. The van der Waals surface area contributed by atoms with E-state index in [0.29, 0.717) is 17.0 Å². The summed E-state index contributed by atoms with van der Waals surface area (Å²) in [5.74, 6) is 1.19. The molecule has 0 radical (unpaired) electrons. The van der Waals surface area contributed by atoms with Crippen LogP contribution in [0.4, 0.5) is 0 Å². The third kappa shape index (κ3) is 1.41. The Labute approximate surface area is 93.1 Å². The lowest BCUT2D eigenvalue weighted by atomic mass is 9.80. The lowest BCUT2D eigenvalue weighted by molar-refractivity contribution is 0.321. The Bertz CT molecular complexity index is 454. The highest BCUT2D eigenvalue weighted by molar-refractivity contribution is 6.29. The molecule has 4 heteroatoms. The molecular formula is C11H13ClN2O. The topological polar surface area (TPSA) is 34.9 Å². The van der Waals surface area contributed by atoms with Crippen molar-refractivity contribution in [2.75, 3.05) is 0 Å². The van der Waals surface area contributed by atoms with Gasteiger partial charge in [0.2, 0.25) is 0 Å². The first kappa shape index (κ1) is 9.40. The van der Waals surface area contributed by atoms with Crippen molar-refractivity contribution in [1.82, 2.24) is 9.55 Å². The molecule has 2 atom stereocenters. The van der Waals surface area contributed by atoms with Gasteiger partial charge in [-0.15, -0.1) is 0 Å². The Morgan fingerprint density at radius 1 is 1.40 bits per heavy atom. The molecule has 2 heterocycles. The van der Waals surface area contributed by atoms with Crippen molar-refractivity contribution in [3.05, 3.63) is 27.4 Å². The monoisotopic (exact) mass is 224 g/mol. The molecular weight excluding hydrogens is 212 g/mol. The molecule has 80 valence electrons. The van der Waals surface area contributed by atoms with Crippen LogP contribution in [0.1, 0.15) is 37.3 Å². The summed E-state index contributed by atoms with van der Waals surface area (Å²) in [4.78, 5) is 15.4. The van der Waals surface area contributed by atoms with E-state index in [1.807, 2.05) is 10.6 Å². The SMILES string of the molecule is O=c1nc(Cl)cc2n1C[C@@H]1CCCCC21. The first-order chi connectivity index (χ1) is 7.25. The minimum absolute atomic E-state index is 0.174. The van der Waals surface area contributed by atoms with E-state index in [1.54, 1.807) is 0 Å². The highest BCUT2D eigenvalue weighted by Crippen LogP contribution is 2.42. The van der Waals surface area contributed by atoms with E-state index in [2.05, 4.69) is 4.98 Å². The van der Waals surface area contributed by atoms with Gasteiger partial charge in [0.25, 0.3) is 0 Å². The molecule has 3 rings (SSSR count). The Balaban J connectivity index is 2.12. The number of halogens is 1. The Morgan fingerprint density at radius 3 is 3.07 bits per heavy atom. The molecule has 0 N–H and O–H groups in total. The normalized spacial score (nSPS) is 28.6. The first-order valence-corrected chi connectivity index (χ1v) is 5.91. The van der Waals surface area contributed by atoms with Crippen LogP contribution in [0.15, 0.2) is 10.9 Å². The van der Waals surface area contributed by atoms with Crippen molar-refractivity contribution in [3.63, 3.8) is 0 Å². The third-order valence-corrected chi connectivity index (χ3v) is 3.91. The van der Waals surface area contributed by atoms with Crippen molar-refractivity contribution < 1.29 is 0 Å². The smallest absolute Gasteiger partial charge is 0.296 e. The van der Waals surface area contributed by atoms with Crippen LogP contribution in [0.3, 0.4) is 0 Å². The van der Waals surface area contributed by atoms with Crippen LogP contribution in [0.2, 0.25) is 5.15 Å². The summed E-state index contributed by atoms with van der Waals surface area (Å²) in [6, 6.07) is 1.87. The lowest BCUT2D eigenvalue weighted by Gasteiger charge is -2.23. The van der Waals surface area contributed by atoms with Gasteiger partial charge in [0.05, 0.1) is 0 Å². The van der Waals surface area contributed by atoms with Crippen LogP contribution in [-0.4, -0.2) is 9.55 Å². The zero-order valence-electron chi connectivity index (χ0n) is 8.45. The third-order valence-electron chi connectivity index (χ3n) is 3.72. The number of hydrogen-bond acceptors (Lipinski definition) is 2. The Hall–Kier alpha value is -0.830. The van der Waals surface area contributed by atoms with Gasteiger partial charge in [-0.05, 0) is 24.8 Å². The maximum atomic E-state index is 11.6. The van der Waals surface area contributed by atoms with Gasteiger partial charge >= 0.3 is 5.69 Å². The number of nitrogens with zero attached hydrogens (tertiary/aromatic N) is 2. The molecule has 0 spiro atoms. The summed E-state index contributed by atoms with van der Waals surface area (Å²) in [6.45, 7) is 0.850. The summed E-state index contributed by atoms with van der Waals surface area (Å²) in [6.07, 6.45) is 5.01. The van der Waals surface area contributed by atoms with Crippen LogP contribution in [-0.2, 0) is 6.54 Å². The van der Waals surface area contributed by atoms with Gasteiger partial charge in [-0.3, -0.25) is 4.57 Å². The second kappa shape index (κ2) is 3.34. The Morgan fingerprint density at radius 2 is 2.20 bits per heavy atom. The molecule has 1 saturated carbocycles. The maximum absolute atomic E-state index is 11.6. The standard InChI is InChI=1S/C11H13ClN2O/c12-10-5-9-8-4-2-1-3-7(8)6-14(9)11(15)13-10/h5,7-8H,1-4,6H2/t7-,8?/m0/s1. The highest BCUT2D eigenvalue weighted by atomic mass is 35.5. The molecule has 1 unspecified atom stereocenters. The number of rotatable bonds is 0. The van der Waals surface area contributed by atoms with E-state index in [9.17, 15) is 4.79 Å². The average molecular weight is 225 g/mol. The van der Waals surface area contributed by atoms with Gasteiger partial charge in [-0.25, -0.2) is 4.79 Å². The predicted octanol–water partition coefficient (Wildman–Crippen LogP) is 2.18. The Kier molecular flexibility index (Phi) is 2.09. The number of fused-ring (bicyclic) bond motifs is 3. The fraction of sp³-hybridized carbons (Fsp3) is 0.636. The minimum Gasteiger partial charge on any atom is -0.296 e. The molecule has 1 aliphatic heterocycles. The van der Waals surface area contributed by atoms with E-state index in [4.69, 9.17) is 11.6 Å². The van der Waals surface area contributed by atoms with E-state index >= 15 is 0 Å². The molecule has 2 aliphatic rings. The van der Waals surface area contributed by atoms with E-state index in [-0.39, 0.29) is 5.69 Å². The largest absolute Gasteiger partial charge is 0.349 e. The molecule has 0 amide bonds. The van der Waals surface area contributed by atoms with Gasteiger partial charge < -0.3 is 0 Å². The zero-order chi connectivity index (χ0) is 10.4. The van der Waals surface area contributed by atoms with Crippen LogP contribution < -0.4 is 5.69 Å². The fourth-order valence-electron chi connectivity index (χ4n) is 3.04. The molecule has 3 nitrogen and oxygen atoms in total.